The molecule has 0 unspecified atom stereocenters. The number of ether oxygens (including phenoxy) is 1. The van der Waals surface area contributed by atoms with Crippen LogP contribution in [0.2, 0.25) is 0 Å². The van der Waals surface area contributed by atoms with Crippen molar-refractivity contribution in [2.75, 3.05) is 44.3 Å². The summed E-state index contributed by atoms with van der Waals surface area (Å²) in [6.45, 7) is 3.98. The molecule has 4 aliphatic rings. The standard InChI is InChI=1S/C19H25N5O3/c25-17-2-1-5-23(17)12-18(26)24-13-3-4-16(24)14-11-20-19(21-15(14)10-13)22-6-8-27-9-7-22/h11,13,16H,1-10,12H2/t13-,16-/m1/s1. The SMILES string of the molecule is O=C1CCCN1CC(=O)N1[C@@H]2CC[C@@H]1c1cnc(N3CCOCC3)nc1C2. The Balaban J connectivity index is 1.35. The first kappa shape index (κ1) is 16.9. The Labute approximate surface area is 158 Å². The van der Waals surface area contributed by atoms with E-state index < -0.39 is 0 Å². The highest BCUT2D eigenvalue weighted by Crippen LogP contribution is 2.43. The maximum absolute atomic E-state index is 13.0. The third kappa shape index (κ3) is 2.96. The van der Waals surface area contributed by atoms with E-state index in [1.165, 1.54) is 0 Å². The van der Waals surface area contributed by atoms with Gasteiger partial charge in [0, 0.05) is 50.3 Å². The zero-order valence-electron chi connectivity index (χ0n) is 15.5. The van der Waals surface area contributed by atoms with E-state index in [1.807, 2.05) is 11.1 Å². The summed E-state index contributed by atoms with van der Waals surface area (Å²) >= 11 is 0. The molecule has 8 nitrogen and oxygen atoms in total. The van der Waals surface area contributed by atoms with Crippen LogP contribution >= 0.6 is 0 Å². The van der Waals surface area contributed by atoms with Crippen LogP contribution in [-0.2, 0) is 20.7 Å². The number of amides is 2. The lowest BCUT2D eigenvalue weighted by Crippen LogP contribution is -2.47. The van der Waals surface area contributed by atoms with Crippen LogP contribution in [0.4, 0.5) is 5.95 Å². The first-order valence-electron chi connectivity index (χ1n) is 9.98. The number of morpholine rings is 1. The quantitative estimate of drug-likeness (QED) is 0.771. The Morgan fingerprint density at radius 2 is 2.07 bits per heavy atom. The highest BCUT2D eigenvalue weighted by atomic mass is 16.5. The van der Waals surface area contributed by atoms with Crippen LogP contribution in [0.3, 0.4) is 0 Å². The number of carbonyl (C=O) groups is 2. The highest BCUT2D eigenvalue weighted by molar-refractivity contribution is 5.86. The zero-order valence-corrected chi connectivity index (χ0v) is 15.5. The van der Waals surface area contributed by atoms with E-state index in [4.69, 9.17) is 9.72 Å². The summed E-state index contributed by atoms with van der Waals surface area (Å²) in [6.07, 6.45) is 6.08. The Hall–Kier alpha value is -2.22. The minimum Gasteiger partial charge on any atom is -0.378 e. The van der Waals surface area contributed by atoms with Crippen LogP contribution < -0.4 is 4.90 Å². The average Bonchev–Trinajstić information content (AvgIpc) is 3.24. The summed E-state index contributed by atoms with van der Waals surface area (Å²) < 4.78 is 5.41. The number of anilines is 1. The topological polar surface area (TPSA) is 78.9 Å². The fourth-order valence-electron chi connectivity index (χ4n) is 4.88. The van der Waals surface area contributed by atoms with Crippen LogP contribution in [0.25, 0.3) is 0 Å². The van der Waals surface area contributed by atoms with Gasteiger partial charge in [-0.15, -0.1) is 0 Å². The Kier molecular flexibility index (Phi) is 4.22. The van der Waals surface area contributed by atoms with Crippen LogP contribution in [-0.4, -0.2) is 77.0 Å². The average molecular weight is 371 g/mol. The summed E-state index contributed by atoms with van der Waals surface area (Å²) in [5.41, 5.74) is 2.17. The van der Waals surface area contributed by atoms with Gasteiger partial charge in [0.05, 0.1) is 31.5 Å². The smallest absolute Gasteiger partial charge is 0.242 e. The summed E-state index contributed by atoms with van der Waals surface area (Å²) in [5.74, 6) is 0.950. The van der Waals surface area contributed by atoms with Crippen molar-refractivity contribution < 1.29 is 14.3 Å². The molecule has 5 heterocycles. The van der Waals surface area contributed by atoms with E-state index in [0.717, 1.165) is 56.0 Å². The third-order valence-corrected chi connectivity index (χ3v) is 6.26. The number of fused-ring (bicyclic) bond motifs is 4. The van der Waals surface area contributed by atoms with Gasteiger partial charge in [-0.3, -0.25) is 9.59 Å². The molecule has 5 rings (SSSR count). The zero-order chi connectivity index (χ0) is 18.4. The molecule has 3 saturated heterocycles. The maximum Gasteiger partial charge on any atom is 0.242 e. The number of aromatic nitrogens is 2. The Morgan fingerprint density at radius 3 is 2.85 bits per heavy atom. The molecule has 8 heteroatoms. The largest absolute Gasteiger partial charge is 0.378 e. The summed E-state index contributed by atoms with van der Waals surface area (Å²) in [7, 11) is 0. The molecule has 0 saturated carbocycles. The first-order valence-corrected chi connectivity index (χ1v) is 9.98. The Morgan fingerprint density at radius 1 is 1.22 bits per heavy atom. The lowest BCUT2D eigenvalue weighted by molar-refractivity contribution is -0.140. The number of hydrogen-bond acceptors (Lipinski definition) is 6. The van der Waals surface area contributed by atoms with Gasteiger partial charge in [0.25, 0.3) is 0 Å². The minimum absolute atomic E-state index is 0.0581. The molecule has 2 bridgehead atoms. The summed E-state index contributed by atoms with van der Waals surface area (Å²) in [5, 5.41) is 0. The first-order chi connectivity index (χ1) is 13.2. The van der Waals surface area contributed by atoms with Gasteiger partial charge in [-0.25, -0.2) is 9.97 Å². The van der Waals surface area contributed by atoms with E-state index in [2.05, 4.69) is 9.88 Å². The molecule has 1 aromatic rings. The molecule has 0 aromatic carbocycles. The molecule has 0 N–H and O–H groups in total. The van der Waals surface area contributed by atoms with Crippen molar-refractivity contribution in [2.45, 2.75) is 44.2 Å². The molecule has 0 aliphatic carbocycles. The van der Waals surface area contributed by atoms with Gasteiger partial charge < -0.3 is 19.4 Å². The number of rotatable bonds is 3. The molecule has 1 aromatic heterocycles. The predicted octanol–water partition coefficient (Wildman–Crippen LogP) is 0.524. The second-order valence-electron chi connectivity index (χ2n) is 7.84. The molecule has 144 valence electrons. The van der Waals surface area contributed by atoms with Gasteiger partial charge in [-0.2, -0.15) is 0 Å². The van der Waals surface area contributed by atoms with Crippen molar-refractivity contribution >= 4 is 17.8 Å². The van der Waals surface area contributed by atoms with Gasteiger partial charge in [-0.1, -0.05) is 0 Å². The van der Waals surface area contributed by atoms with Crippen molar-refractivity contribution in [3.05, 3.63) is 17.5 Å². The van der Waals surface area contributed by atoms with E-state index in [9.17, 15) is 9.59 Å². The number of nitrogens with zero attached hydrogens (tertiary/aromatic N) is 5. The molecular weight excluding hydrogens is 346 g/mol. The van der Waals surface area contributed by atoms with Gasteiger partial charge in [0.1, 0.15) is 0 Å². The maximum atomic E-state index is 13.0. The van der Waals surface area contributed by atoms with Gasteiger partial charge in [0.15, 0.2) is 0 Å². The number of carbonyl (C=O) groups excluding carboxylic acids is 2. The Bertz CT molecular complexity index is 764. The minimum atomic E-state index is 0.0581. The lowest BCUT2D eigenvalue weighted by Gasteiger charge is -2.37. The molecule has 0 spiro atoms. The van der Waals surface area contributed by atoms with Crippen molar-refractivity contribution in [1.29, 1.82) is 0 Å². The van der Waals surface area contributed by atoms with E-state index in [1.54, 1.807) is 4.90 Å². The second kappa shape index (κ2) is 6.74. The van der Waals surface area contributed by atoms with Crippen LogP contribution in [0.1, 0.15) is 43.0 Å². The van der Waals surface area contributed by atoms with E-state index >= 15 is 0 Å². The van der Waals surface area contributed by atoms with Crippen LogP contribution in [0.5, 0.6) is 0 Å². The number of hydrogen-bond donors (Lipinski definition) is 0. The molecule has 27 heavy (non-hydrogen) atoms. The number of likely N-dealkylation sites (tertiary alicyclic amines) is 1. The van der Waals surface area contributed by atoms with E-state index in [0.29, 0.717) is 26.2 Å². The lowest BCUT2D eigenvalue weighted by atomic mass is 9.99. The van der Waals surface area contributed by atoms with Crippen LogP contribution in [0.15, 0.2) is 6.20 Å². The second-order valence-corrected chi connectivity index (χ2v) is 7.84. The normalized spacial score (nSPS) is 27.3. The monoisotopic (exact) mass is 371 g/mol. The molecule has 0 radical (unpaired) electrons. The predicted molar refractivity (Wildman–Crippen MR) is 97.2 cm³/mol. The van der Waals surface area contributed by atoms with Crippen molar-refractivity contribution in [2.24, 2.45) is 0 Å². The van der Waals surface area contributed by atoms with Gasteiger partial charge in [-0.05, 0) is 19.3 Å². The fourth-order valence-corrected chi connectivity index (χ4v) is 4.88. The van der Waals surface area contributed by atoms with Crippen LogP contribution in [0, 0.1) is 0 Å². The summed E-state index contributed by atoms with van der Waals surface area (Å²) in [4.78, 5) is 40.2. The molecule has 2 amide bonds. The fraction of sp³-hybridized carbons (Fsp3) is 0.684. The molecule has 3 fully saturated rings. The highest BCUT2D eigenvalue weighted by Gasteiger charge is 2.44. The van der Waals surface area contributed by atoms with Crippen molar-refractivity contribution in [3.8, 4) is 0 Å². The van der Waals surface area contributed by atoms with Crippen molar-refractivity contribution in [1.82, 2.24) is 19.8 Å². The van der Waals surface area contributed by atoms with Gasteiger partial charge >= 0.3 is 0 Å². The molecular formula is C19H25N5O3. The van der Waals surface area contributed by atoms with Gasteiger partial charge in [0.2, 0.25) is 17.8 Å². The summed E-state index contributed by atoms with van der Waals surface area (Å²) in [6, 6.07) is 0.253. The third-order valence-electron chi connectivity index (χ3n) is 6.26. The van der Waals surface area contributed by atoms with E-state index in [-0.39, 0.29) is 30.4 Å². The molecule has 2 atom stereocenters. The van der Waals surface area contributed by atoms with Crippen molar-refractivity contribution in [3.63, 3.8) is 0 Å². The molecule has 4 aliphatic heterocycles.